The van der Waals surface area contributed by atoms with Gasteiger partial charge in [-0.2, -0.15) is 0 Å². The van der Waals surface area contributed by atoms with Crippen molar-refractivity contribution in [1.82, 2.24) is 4.90 Å². The number of benzene rings is 1. The molecule has 26 heavy (non-hydrogen) atoms. The quantitative estimate of drug-likeness (QED) is 0.778. The van der Waals surface area contributed by atoms with Crippen molar-refractivity contribution in [3.05, 3.63) is 59.5 Å². The van der Waals surface area contributed by atoms with E-state index in [1.807, 2.05) is 50.2 Å². The van der Waals surface area contributed by atoms with Gasteiger partial charge in [-0.15, -0.1) is 0 Å². The van der Waals surface area contributed by atoms with E-state index in [2.05, 4.69) is 0 Å². The number of nitrogens with zero attached hydrogens (tertiary/aromatic N) is 1. The summed E-state index contributed by atoms with van der Waals surface area (Å²) in [5, 5.41) is 0. The Morgan fingerprint density at radius 2 is 2.00 bits per heavy atom. The molecule has 140 valence electrons. The number of aryl methyl sites for hydroxylation is 1. The minimum atomic E-state index is -3.04. The molecule has 1 fully saturated rings. The molecule has 3 rings (SSSR count). The summed E-state index contributed by atoms with van der Waals surface area (Å²) in [6.07, 6.45) is 2.58. The highest BCUT2D eigenvalue weighted by Gasteiger charge is 2.36. The van der Waals surface area contributed by atoms with Crippen LogP contribution in [0.25, 0.3) is 0 Å². The Hall–Kier alpha value is -2.08. The van der Waals surface area contributed by atoms with E-state index in [0.29, 0.717) is 19.4 Å². The van der Waals surface area contributed by atoms with Crippen molar-refractivity contribution in [3.63, 3.8) is 0 Å². The maximum absolute atomic E-state index is 13.4. The summed E-state index contributed by atoms with van der Waals surface area (Å²) in [6.45, 7) is 4.41. The van der Waals surface area contributed by atoms with Crippen molar-refractivity contribution in [2.45, 2.75) is 38.6 Å². The summed E-state index contributed by atoms with van der Waals surface area (Å²) in [5.41, 5.74) is 2.06. The van der Waals surface area contributed by atoms with Crippen LogP contribution in [-0.2, 0) is 21.1 Å². The van der Waals surface area contributed by atoms with E-state index in [9.17, 15) is 13.2 Å². The second-order valence-corrected chi connectivity index (χ2v) is 9.16. The maximum Gasteiger partial charge on any atom is 0.230 e. The lowest BCUT2D eigenvalue weighted by atomic mass is 9.91. The van der Waals surface area contributed by atoms with Crippen LogP contribution in [0.2, 0.25) is 0 Å². The zero-order valence-electron chi connectivity index (χ0n) is 15.2. The Morgan fingerprint density at radius 3 is 2.54 bits per heavy atom. The van der Waals surface area contributed by atoms with Gasteiger partial charge < -0.3 is 9.32 Å². The van der Waals surface area contributed by atoms with Crippen molar-refractivity contribution < 1.29 is 17.6 Å². The number of sulfone groups is 1. The summed E-state index contributed by atoms with van der Waals surface area (Å²) < 4.78 is 29.2. The highest BCUT2D eigenvalue weighted by atomic mass is 32.2. The Morgan fingerprint density at radius 1 is 1.27 bits per heavy atom. The van der Waals surface area contributed by atoms with Gasteiger partial charge in [0, 0.05) is 19.0 Å². The Kier molecular flexibility index (Phi) is 5.51. The third kappa shape index (κ3) is 4.18. The monoisotopic (exact) mass is 375 g/mol. The molecule has 0 saturated carbocycles. The molecule has 0 bridgehead atoms. The van der Waals surface area contributed by atoms with Crippen molar-refractivity contribution in [2.75, 3.05) is 18.1 Å². The van der Waals surface area contributed by atoms with Gasteiger partial charge in [0.25, 0.3) is 0 Å². The van der Waals surface area contributed by atoms with Crippen LogP contribution < -0.4 is 0 Å². The van der Waals surface area contributed by atoms with Crippen molar-refractivity contribution in [3.8, 4) is 0 Å². The normalized spacial score (nSPS) is 20.0. The molecule has 2 heterocycles. The molecule has 1 amide bonds. The van der Waals surface area contributed by atoms with Gasteiger partial charge in [-0.25, -0.2) is 8.42 Å². The zero-order valence-corrected chi connectivity index (χ0v) is 16.0. The Balaban J connectivity index is 1.89. The SMILES string of the molecule is CCN(C(=O)C(Cc1ccco1)c1ccc(C)cc1)C1CCS(=O)(=O)C1. The summed E-state index contributed by atoms with van der Waals surface area (Å²) >= 11 is 0. The molecule has 1 aliphatic heterocycles. The topological polar surface area (TPSA) is 67.6 Å². The van der Waals surface area contributed by atoms with E-state index in [0.717, 1.165) is 16.9 Å². The van der Waals surface area contributed by atoms with Crippen LogP contribution in [0.4, 0.5) is 0 Å². The molecule has 1 aliphatic rings. The van der Waals surface area contributed by atoms with Crippen LogP contribution in [0.1, 0.15) is 36.1 Å². The number of likely N-dealkylation sites (N-methyl/N-ethyl adjacent to an activating group) is 1. The average molecular weight is 375 g/mol. The fourth-order valence-corrected chi connectivity index (χ4v) is 5.32. The largest absolute Gasteiger partial charge is 0.469 e. The molecule has 2 unspecified atom stereocenters. The number of carbonyl (C=O) groups is 1. The second-order valence-electron chi connectivity index (χ2n) is 6.93. The summed E-state index contributed by atoms with van der Waals surface area (Å²) in [5.74, 6) is 0.557. The fraction of sp³-hybridized carbons (Fsp3) is 0.450. The number of hydrogen-bond donors (Lipinski definition) is 0. The van der Waals surface area contributed by atoms with Crippen LogP contribution in [-0.4, -0.2) is 43.3 Å². The third-order valence-corrected chi connectivity index (χ3v) is 6.79. The number of furan rings is 1. The van der Waals surface area contributed by atoms with E-state index in [-0.39, 0.29) is 29.4 Å². The standard InChI is InChI=1S/C20H25NO4S/c1-3-21(17-10-12-26(23,24)14-17)20(22)19(13-18-5-4-11-25-18)16-8-6-15(2)7-9-16/h4-9,11,17,19H,3,10,12-14H2,1-2H3. The first-order valence-corrected chi connectivity index (χ1v) is 10.8. The number of rotatable bonds is 6. The lowest BCUT2D eigenvalue weighted by Crippen LogP contribution is -2.44. The van der Waals surface area contributed by atoms with Crippen LogP contribution in [0.3, 0.4) is 0 Å². The Labute approximate surface area is 154 Å². The smallest absolute Gasteiger partial charge is 0.230 e. The maximum atomic E-state index is 13.4. The molecule has 1 aromatic carbocycles. The molecule has 5 nitrogen and oxygen atoms in total. The highest BCUT2D eigenvalue weighted by Crippen LogP contribution is 2.27. The first-order chi connectivity index (χ1) is 12.4. The number of carbonyl (C=O) groups excluding carboxylic acids is 1. The molecule has 0 radical (unpaired) electrons. The van der Waals surface area contributed by atoms with E-state index in [4.69, 9.17) is 4.42 Å². The van der Waals surface area contributed by atoms with Gasteiger partial charge in [-0.1, -0.05) is 29.8 Å². The highest BCUT2D eigenvalue weighted by molar-refractivity contribution is 7.91. The van der Waals surface area contributed by atoms with Gasteiger partial charge in [0.1, 0.15) is 5.76 Å². The van der Waals surface area contributed by atoms with Crippen LogP contribution in [0.5, 0.6) is 0 Å². The molecule has 2 atom stereocenters. The molecule has 1 saturated heterocycles. The second kappa shape index (κ2) is 7.66. The number of hydrogen-bond acceptors (Lipinski definition) is 4. The van der Waals surface area contributed by atoms with Gasteiger partial charge in [0.15, 0.2) is 9.84 Å². The lowest BCUT2D eigenvalue weighted by Gasteiger charge is -2.31. The summed E-state index contributed by atoms with van der Waals surface area (Å²) in [4.78, 5) is 15.1. The Bertz CT molecular complexity index is 840. The van der Waals surface area contributed by atoms with Gasteiger partial charge in [-0.05, 0) is 38.0 Å². The zero-order chi connectivity index (χ0) is 18.7. The molecule has 1 aromatic heterocycles. The van der Waals surface area contributed by atoms with Crippen LogP contribution in [0, 0.1) is 6.92 Å². The first-order valence-electron chi connectivity index (χ1n) is 8.99. The van der Waals surface area contributed by atoms with Crippen molar-refractivity contribution >= 4 is 15.7 Å². The van der Waals surface area contributed by atoms with Crippen molar-refractivity contribution in [2.24, 2.45) is 0 Å². The van der Waals surface area contributed by atoms with Crippen LogP contribution in [0.15, 0.2) is 47.1 Å². The lowest BCUT2D eigenvalue weighted by molar-refractivity contribution is -0.134. The average Bonchev–Trinajstić information content (AvgIpc) is 3.24. The van der Waals surface area contributed by atoms with Gasteiger partial charge in [-0.3, -0.25) is 4.79 Å². The molecule has 0 aliphatic carbocycles. The summed E-state index contributed by atoms with van der Waals surface area (Å²) in [7, 11) is -3.04. The minimum absolute atomic E-state index is 0.0325. The van der Waals surface area contributed by atoms with Gasteiger partial charge >= 0.3 is 0 Å². The molecule has 0 spiro atoms. The molecular formula is C20H25NO4S. The number of amides is 1. The minimum Gasteiger partial charge on any atom is -0.469 e. The molecular weight excluding hydrogens is 350 g/mol. The van der Waals surface area contributed by atoms with Gasteiger partial charge in [0.05, 0.1) is 23.7 Å². The fourth-order valence-electron chi connectivity index (χ4n) is 3.59. The van der Waals surface area contributed by atoms with E-state index < -0.39 is 9.84 Å². The molecule has 6 heteroatoms. The van der Waals surface area contributed by atoms with Crippen LogP contribution >= 0.6 is 0 Å². The van der Waals surface area contributed by atoms with Gasteiger partial charge in [0.2, 0.25) is 5.91 Å². The third-order valence-electron chi connectivity index (χ3n) is 5.04. The first kappa shape index (κ1) is 18.7. The predicted octanol–water partition coefficient (Wildman–Crippen LogP) is 2.95. The predicted molar refractivity (Wildman–Crippen MR) is 101 cm³/mol. The van der Waals surface area contributed by atoms with E-state index in [1.165, 1.54) is 0 Å². The summed E-state index contributed by atoms with van der Waals surface area (Å²) in [6, 6.07) is 11.4. The molecule has 0 N–H and O–H groups in total. The van der Waals surface area contributed by atoms with Crippen molar-refractivity contribution in [1.29, 1.82) is 0 Å². The van der Waals surface area contributed by atoms with E-state index in [1.54, 1.807) is 11.2 Å². The van der Waals surface area contributed by atoms with E-state index >= 15 is 0 Å². The molecule has 2 aromatic rings.